The Labute approximate surface area is 106 Å². The molecule has 0 fully saturated rings. The van der Waals surface area contributed by atoms with E-state index in [9.17, 15) is 15.2 Å². The smallest absolute Gasteiger partial charge is 0.270 e. The molecule has 0 aliphatic carbocycles. The summed E-state index contributed by atoms with van der Waals surface area (Å²) in [6.45, 7) is 5.69. The van der Waals surface area contributed by atoms with Gasteiger partial charge in [-0.15, -0.1) is 0 Å². The first-order chi connectivity index (χ1) is 8.25. The summed E-state index contributed by atoms with van der Waals surface area (Å²) in [7, 11) is 0. The third-order valence-electron chi connectivity index (χ3n) is 2.84. The highest BCUT2D eigenvalue weighted by atomic mass is 16.6. The topological polar surface area (TPSA) is 87.2 Å². The zero-order valence-corrected chi connectivity index (χ0v) is 10.7. The van der Waals surface area contributed by atoms with E-state index < -0.39 is 11.0 Å². The van der Waals surface area contributed by atoms with Gasteiger partial charge in [-0.2, -0.15) is 5.26 Å². The third-order valence-corrected chi connectivity index (χ3v) is 2.84. The van der Waals surface area contributed by atoms with Gasteiger partial charge in [0.1, 0.15) is 0 Å². The standard InChI is InChI=1S/C13H16N2O3/c1-13(2,3)12(16)7-9-4-5-11(15(17)18)6-10(9)8-14/h4-6,12,16H,7H2,1-3H3. The van der Waals surface area contributed by atoms with E-state index in [1.807, 2.05) is 26.8 Å². The molecule has 0 radical (unpaired) electrons. The first-order valence-corrected chi connectivity index (χ1v) is 5.61. The average Bonchev–Trinajstić information content (AvgIpc) is 2.27. The summed E-state index contributed by atoms with van der Waals surface area (Å²) in [6, 6.07) is 6.06. The maximum atomic E-state index is 10.6. The Bertz CT molecular complexity index is 498. The van der Waals surface area contributed by atoms with Gasteiger partial charge in [-0.1, -0.05) is 26.8 Å². The molecule has 1 rings (SSSR count). The summed E-state index contributed by atoms with van der Waals surface area (Å²) in [4.78, 5) is 10.1. The van der Waals surface area contributed by atoms with Crippen molar-refractivity contribution in [2.45, 2.75) is 33.3 Å². The van der Waals surface area contributed by atoms with E-state index in [1.54, 1.807) is 0 Å². The number of nitro groups is 1. The Morgan fingerprint density at radius 1 is 1.50 bits per heavy atom. The summed E-state index contributed by atoms with van der Waals surface area (Å²) in [6.07, 6.45) is -0.296. The number of aliphatic hydroxyl groups excluding tert-OH is 1. The Morgan fingerprint density at radius 3 is 2.56 bits per heavy atom. The van der Waals surface area contributed by atoms with Crippen LogP contribution < -0.4 is 0 Å². The molecule has 5 heteroatoms. The quantitative estimate of drug-likeness (QED) is 0.657. The fourth-order valence-corrected chi connectivity index (χ4v) is 1.47. The van der Waals surface area contributed by atoms with Gasteiger partial charge >= 0.3 is 0 Å². The molecule has 0 bridgehead atoms. The third kappa shape index (κ3) is 3.28. The minimum atomic E-state index is -0.606. The van der Waals surface area contributed by atoms with Crippen LogP contribution in [0.25, 0.3) is 0 Å². The van der Waals surface area contributed by atoms with Crippen LogP contribution in [0, 0.1) is 26.9 Å². The highest BCUT2D eigenvalue weighted by molar-refractivity contribution is 5.46. The van der Waals surface area contributed by atoms with E-state index >= 15 is 0 Å². The van der Waals surface area contributed by atoms with Crippen molar-refractivity contribution in [3.8, 4) is 6.07 Å². The van der Waals surface area contributed by atoms with E-state index in [4.69, 9.17) is 5.26 Å². The summed E-state index contributed by atoms with van der Waals surface area (Å²) < 4.78 is 0. The van der Waals surface area contributed by atoms with Gasteiger partial charge in [0, 0.05) is 18.6 Å². The summed E-state index contributed by atoms with van der Waals surface area (Å²) in [5.74, 6) is 0. The number of non-ortho nitro benzene ring substituents is 1. The van der Waals surface area contributed by atoms with Crippen LogP contribution in [0.4, 0.5) is 5.69 Å². The first kappa shape index (κ1) is 14.1. The molecule has 0 saturated heterocycles. The van der Waals surface area contributed by atoms with Crippen molar-refractivity contribution in [1.29, 1.82) is 5.26 Å². The number of rotatable bonds is 3. The molecule has 5 nitrogen and oxygen atoms in total. The Balaban J connectivity index is 3.05. The highest BCUT2D eigenvalue weighted by Crippen LogP contribution is 2.25. The molecular formula is C13H16N2O3. The maximum absolute atomic E-state index is 10.6. The van der Waals surface area contributed by atoms with Crippen molar-refractivity contribution in [2.75, 3.05) is 0 Å². The van der Waals surface area contributed by atoms with Crippen molar-refractivity contribution in [2.24, 2.45) is 5.41 Å². The van der Waals surface area contributed by atoms with Gasteiger partial charge in [-0.3, -0.25) is 10.1 Å². The lowest BCUT2D eigenvalue weighted by atomic mass is 9.84. The van der Waals surface area contributed by atoms with Crippen molar-refractivity contribution < 1.29 is 10.0 Å². The fourth-order valence-electron chi connectivity index (χ4n) is 1.47. The second-order valence-corrected chi connectivity index (χ2v) is 5.30. The molecule has 0 aromatic heterocycles. The molecule has 1 aromatic rings. The Hall–Kier alpha value is -1.93. The highest BCUT2D eigenvalue weighted by Gasteiger charge is 2.23. The summed E-state index contributed by atoms with van der Waals surface area (Å²) in [5.41, 5.74) is 0.465. The van der Waals surface area contributed by atoms with E-state index in [2.05, 4.69) is 0 Å². The zero-order chi connectivity index (χ0) is 13.9. The minimum absolute atomic E-state index is 0.111. The second kappa shape index (κ2) is 5.15. The summed E-state index contributed by atoms with van der Waals surface area (Å²) >= 11 is 0. The van der Waals surface area contributed by atoms with Crippen LogP contribution in [-0.2, 0) is 6.42 Å². The van der Waals surface area contributed by atoms with Gasteiger partial charge in [0.2, 0.25) is 0 Å². The molecule has 18 heavy (non-hydrogen) atoms. The molecule has 0 spiro atoms. The first-order valence-electron chi connectivity index (χ1n) is 5.61. The van der Waals surface area contributed by atoms with Crippen LogP contribution in [0.15, 0.2) is 18.2 Å². The fraction of sp³-hybridized carbons (Fsp3) is 0.462. The van der Waals surface area contributed by atoms with Crippen molar-refractivity contribution in [1.82, 2.24) is 0 Å². The number of nitrogens with zero attached hydrogens (tertiary/aromatic N) is 2. The maximum Gasteiger partial charge on any atom is 0.270 e. The second-order valence-electron chi connectivity index (χ2n) is 5.30. The molecular weight excluding hydrogens is 232 g/mol. The number of hydrogen-bond acceptors (Lipinski definition) is 4. The van der Waals surface area contributed by atoms with Crippen LogP contribution in [0.3, 0.4) is 0 Å². The lowest BCUT2D eigenvalue weighted by Crippen LogP contribution is -2.28. The SMILES string of the molecule is CC(C)(C)C(O)Cc1ccc([N+](=O)[O-])cc1C#N. The largest absolute Gasteiger partial charge is 0.392 e. The van der Waals surface area contributed by atoms with Gasteiger partial charge in [0.15, 0.2) is 0 Å². The molecule has 0 aliphatic rings. The van der Waals surface area contributed by atoms with Gasteiger partial charge in [-0.25, -0.2) is 0 Å². The van der Waals surface area contributed by atoms with Gasteiger partial charge < -0.3 is 5.11 Å². The number of aliphatic hydroxyl groups is 1. The molecule has 1 N–H and O–H groups in total. The molecule has 96 valence electrons. The number of benzene rings is 1. The monoisotopic (exact) mass is 248 g/mol. The lowest BCUT2D eigenvalue weighted by Gasteiger charge is -2.26. The van der Waals surface area contributed by atoms with Crippen LogP contribution in [0.1, 0.15) is 31.9 Å². The van der Waals surface area contributed by atoms with E-state index in [1.165, 1.54) is 18.2 Å². The molecule has 1 atom stereocenters. The van der Waals surface area contributed by atoms with Gasteiger partial charge in [0.25, 0.3) is 5.69 Å². The molecule has 0 saturated carbocycles. The minimum Gasteiger partial charge on any atom is -0.392 e. The summed E-state index contributed by atoms with van der Waals surface area (Å²) in [5, 5.41) is 29.6. The molecule has 0 heterocycles. The number of hydrogen-bond donors (Lipinski definition) is 1. The van der Waals surface area contributed by atoms with Gasteiger partial charge in [0.05, 0.1) is 22.7 Å². The lowest BCUT2D eigenvalue weighted by molar-refractivity contribution is -0.384. The van der Waals surface area contributed by atoms with E-state index in [0.29, 0.717) is 12.0 Å². The molecule has 1 unspecified atom stereocenters. The average molecular weight is 248 g/mol. The molecule has 0 aliphatic heterocycles. The van der Waals surface area contributed by atoms with Crippen molar-refractivity contribution >= 4 is 5.69 Å². The van der Waals surface area contributed by atoms with Crippen LogP contribution in [0.2, 0.25) is 0 Å². The van der Waals surface area contributed by atoms with E-state index in [-0.39, 0.29) is 16.7 Å². The Morgan fingerprint density at radius 2 is 2.11 bits per heavy atom. The van der Waals surface area contributed by atoms with Crippen molar-refractivity contribution in [3.05, 3.63) is 39.4 Å². The predicted octanol–water partition coefficient (Wildman–Crippen LogP) is 2.42. The predicted molar refractivity (Wildman–Crippen MR) is 67.0 cm³/mol. The van der Waals surface area contributed by atoms with Gasteiger partial charge in [-0.05, 0) is 11.0 Å². The van der Waals surface area contributed by atoms with E-state index in [0.717, 1.165) is 0 Å². The Kier molecular flexibility index (Phi) is 4.04. The molecule has 1 aromatic carbocycles. The number of nitriles is 1. The van der Waals surface area contributed by atoms with Crippen LogP contribution in [0.5, 0.6) is 0 Å². The molecule has 0 amide bonds. The number of nitro benzene ring substituents is 1. The van der Waals surface area contributed by atoms with Crippen molar-refractivity contribution in [3.63, 3.8) is 0 Å². The zero-order valence-electron chi connectivity index (χ0n) is 10.7. The van der Waals surface area contributed by atoms with Crippen LogP contribution >= 0.6 is 0 Å². The normalized spacial score (nSPS) is 12.8. The van der Waals surface area contributed by atoms with Crippen LogP contribution in [-0.4, -0.2) is 16.1 Å².